The number of thioether (sulfide) groups is 1. The summed E-state index contributed by atoms with van der Waals surface area (Å²) in [6.45, 7) is 4.53. The minimum Gasteiger partial charge on any atom is -0.342 e. The Labute approximate surface area is 183 Å². The number of carbonyl (C=O) groups excluding carboxylic acids is 1. The molecule has 9 heteroatoms. The first-order valence-electron chi connectivity index (χ1n) is 9.96. The van der Waals surface area contributed by atoms with Gasteiger partial charge in [-0.25, -0.2) is 4.98 Å². The van der Waals surface area contributed by atoms with E-state index in [1.165, 1.54) is 11.8 Å². The van der Waals surface area contributed by atoms with Gasteiger partial charge in [0.15, 0.2) is 11.0 Å². The van der Waals surface area contributed by atoms with Gasteiger partial charge in [-0.3, -0.25) is 9.59 Å². The molecule has 0 aliphatic heterocycles. The third-order valence-corrected chi connectivity index (χ3v) is 5.81. The summed E-state index contributed by atoms with van der Waals surface area (Å²) < 4.78 is 1.96. The van der Waals surface area contributed by atoms with E-state index in [0.717, 1.165) is 0 Å². The molecule has 0 spiro atoms. The van der Waals surface area contributed by atoms with Gasteiger partial charge < -0.3 is 14.9 Å². The van der Waals surface area contributed by atoms with Gasteiger partial charge in [-0.1, -0.05) is 42.1 Å². The molecular formula is C22H22N6O2S. The van der Waals surface area contributed by atoms with Crippen molar-refractivity contribution in [3.05, 3.63) is 82.2 Å². The third-order valence-electron chi connectivity index (χ3n) is 4.83. The van der Waals surface area contributed by atoms with Gasteiger partial charge in [0.25, 0.3) is 11.5 Å². The van der Waals surface area contributed by atoms with Crippen LogP contribution in [0.4, 0.5) is 0 Å². The first-order chi connectivity index (χ1) is 15.1. The fraction of sp³-hybridized carbons (Fsp3) is 0.227. The van der Waals surface area contributed by atoms with Gasteiger partial charge >= 0.3 is 0 Å². The summed E-state index contributed by atoms with van der Waals surface area (Å²) in [7, 11) is 0. The van der Waals surface area contributed by atoms with Crippen molar-refractivity contribution in [2.24, 2.45) is 0 Å². The Kier molecular flexibility index (Phi) is 6.13. The maximum atomic E-state index is 12.5. The highest BCUT2D eigenvalue weighted by Gasteiger charge is 2.20. The van der Waals surface area contributed by atoms with Crippen molar-refractivity contribution in [1.29, 1.82) is 0 Å². The van der Waals surface area contributed by atoms with Gasteiger partial charge in [-0.15, -0.1) is 10.2 Å². The maximum Gasteiger partial charge on any atom is 0.258 e. The second-order valence-corrected chi connectivity index (χ2v) is 7.91. The Morgan fingerprint density at radius 1 is 1.13 bits per heavy atom. The molecule has 158 valence electrons. The van der Waals surface area contributed by atoms with Crippen LogP contribution in [0, 0.1) is 0 Å². The van der Waals surface area contributed by atoms with Crippen molar-refractivity contribution in [3.8, 4) is 0 Å². The molecular weight excluding hydrogens is 412 g/mol. The van der Waals surface area contributed by atoms with Crippen LogP contribution in [0.1, 0.15) is 41.9 Å². The number of aromatic nitrogens is 5. The van der Waals surface area contributed by atoms with E-state index in [0.29, 0.717) is 45.6 Å². The van der Waals surface area contributed by atoms with Gasteiger partial charge in [0.2, 0.25) is 0 Å². The second kappa shape index (κ2) is 9.13. The van der Waals surface area contributed by atoms with Crippen LogP contribution in [0.2, 0.25) is 0 Å². The topological polar surface area (TPSA) is 106 Å². The summed E-state index contributed by atoms with van der Waals surface area (Å²) in [4.78, 5) is 32.1. The van der Waals surface area contributed by atoms with E-state index < -0.39 is 0 Å². The Bertz CT molecular complexity index is 1270. The number of carbonyl (C=O) groups is 1. The molecule has 0 unspecified atom stereocenters. The zero-order valence-electron chi connectivity index (χ0n) is 17.2. The van der Waals surface area contributed by atoms with Crippen LogP contribution >= 0.6 is 11.8 Å². The highest BCUT2D eigenvalue weighted by Crippen LogP contribution is 2.23. The molecule has 1 amide bonds. The predicted molar refractivity (Wildman–Crippen MR) is 120 cm³/mol. The highest BCUT2D eigenvalue weighted by molar-refractivity contribution is 7.98. The average Bonchev–Trinajstić information content (AvgIpc) is 3.21. The lowest BCUT2D eigenvalue weighted by Gasteiger charge is -2.15. The number of nitrogens with zero attached hydrogens (tertiary/aromatic N) is 4. The summed E-state index contributed by atoms with van der Waals surface area (Å²) >= 11 is 1.44. The van der Waals surface area contributed by atoms with Crippen LogP contribution in [-0.2, 0) is 12.3 Å². The zero-order valence-corrected chi connectivity index (χ0v) is 18.0. The fourth-order valence-corrected chi connectivity index (χ4v) is 4.17. The molecule has 0 radical (unpaired) electrons. The van der Waals surface area contributed by atoms with Crippen molar-refractivity contribution >= 4 is 28.6 Å². The van der Waals surface area contributed by atoms with Gasteiger partial charge in [0, 0.05) is 12.1 Å². The van der Waals surface area contributed by atoms with Crippen molar-refractivity contribution in [2.45, 2.75) is 37.3 Å². The smallest absolute Gasteiger partial charge is 0.258 e. The number of hydrogen-bond acceptors (Lipinski definition) is 6. The van der Waals surface area contributed by atoms with Crippen molar-refractivity contribution in [1.82, 2.24) is 30.0 Å². The Balaban J connectivity index is 1.49. The number of H-pyrrole nitrogens is 1. The van der Waals surface area contributed by atoms with Gasteiger partial charge in [0.05, 0.1) is 22.7 Å². The van der Waals surface area contributed by atoms with Gasteiger partial charge in [-0.2, -0.15) is 0 Å². The minimum atomic E-state index is -0.312. The highest BCUT2D eigenvalue weighted by atomic mass is 32.2. The maximum absolute atomic E-state index is 12.5. The van der Waals surface area contributed by atoms with Gasteiger partial charge in [0.1, 0.15) is 5.82 Å². The zero-order chi connectivity index (χ0) is 21.8. The summed E-state index contributed by atoms with van der Waals surface area (Å²) in [5.41, 5.74) is 1.10. The Hall–Kier alpha value is -3.46. The lowest BCUT2D eigenvalue weighted by atomic mass is 10.2. The molecule has 0 saturated heterocycles. The molecule has 0 aliphatic rings. The standard InChI is InChI=1S/C22H22N6O2S/c1-3-28-19(14(2)23-20(29)15-9-5-4-6-10-15)26-27-22(28)31-13-18-24-17-12-8-7-11-16(17)21(30)25-18/h4-12,14H,3,13H2,1-2H3,(H,23,29)(H,24,25,30)/t14-/m0/s1. The predicted octanol–water partition coefficient (Wildman–Crippen LogP) is 3.32. The van der Waals surface area contributed by atoms with Crippen LogP contribution in [0.15, 0.2) is 64.5 Å². The fourth-order valence-electron chi connectivity index (χ4n) is 3.29. The number of hydrogen-bond donors (Lipinski definition) is 2. The number of fused-ring (bicyclic) bond motifs is 1. The van der Waals surface area contributed by atoms with Crippen LogP contribution in [-0.4, -0.2) is 30.6 Å². The van der Waals surface area contributed by atoms with Crippen LogP contribution in [0.5, 0.6) is 0 Å². The van der Waals surface area contributed by atoms with E-state index in [4.69, 9.17) is 0 Å². The van der Waals surface area contributed by atoms with Crippen molar-refractivity contribution in [3.63, 3.8) is 0 Å². The summed E-state index contributed by atoms with van der Waals surface area (Å²) in [5, 5.41) is 12.8. The molecule has 2 aromatic carbocycles. The largest absolute Gasteiger partial charge is 0.342 e. The Morgan fingerprint density at radius 3 is 2.65 bits per heavy atom. The van der Waals surface area contributed by atoms with Gasteiger partial charge in [-0.05, 0) is 38.1 Å². The van der Waals surface area contributed by atoms with E-state index in [9.17, 15) is 9.59 Å². The second-order valence-electron chi connectivity index (χ2n) is 6.96. The summed E-state index contributed by atoms with van der Waals surface area (Å²) in [6, 6.07) is 16.0. The van der Waals surface area contributed by atoms with Crippen LogP contribution in [0.25, 0.3) is 10.9 Å². The molecule has 0 aliphatic carbocycles. The number of aromatic amines is 1. The first kappa shape index (κ1) is 20.8. The molecule has 2 heterocycles. The molecule has 4 aromatic rings. The molecule has 0 saturated carbocycles. The number of para-hydroxylation sites is 1. The van der Waals surface area contributed by atoms with E-state index in [-0.39, 0.29) is 17.5 Å². The summed E-state index contributed by atoms with van der Waals surface area (Å²) in [5.74, 6) is 1.54. The molecule has 0 fully saturated rings. The van der Waals surface area contributed by atoms with Crippen molar-refractivity contribution in [2.75, 3.05) is 0 Å². The number of amides is 1. The average molecular weight is 435 g/mol. The third kappa shape index (κ3) is 4.51. The quantitative estimate of drug-likeness (QED) is 0.432. The molecule has 2 aromatic heterocycles. The van der Waals surface area contributed by atoms with Crippen molar-refractivity contribution < 1.29 is 4.79 Å². The monoisotopic (exact) mass is 434 g/mol. The lowest BCUT2D eigenvalue weighted by Crippen LogP contribution is -2.28. The number of benzene rings is 2. The molecule has 1 atom stereocenters. The number of nitrogens with one attached hydrogen (secondary N) is 2. The number of rotatable bonds is 7. The molecule has 8 nitrogen and oxygen atoms in total. The summed E-state index contributed by atoms with van der Waals surface area (Å²) in [6.07, 6.45) is 0. The molecule has 4 rings (SSSR count). The minimum absolute atomic E-state index is 0.156. The first-order valence-corrected chi connectivity index (χ1v) is 10.9. The van der Waals surface area contributed by atoms with Crippen LogP contribution < -0.4 is 10.9 Å². The van der Waals surface area contributed by atoms with Crippen LogP contribution in [0.3, 0.4) is 0 Å². The van der Waals surface area contributed by atoms with E-state index in [2.05, 4.69) is 25.5 Å². The van der Waals surface area contributed by atoms with E-state index >= 15 is 0 Å². The SMILES string of the molecule is CCn1c(SCc2nc3ccccc3c(=O)[nH]2)nnc1[C@H](C)NC(=O)c1ccccc1. The van der Waals surface area contributed by atoms with E-state index in [1.807, 2.05) is 54.8 Å². The lowest BCUT2D eigenvalue weighted by molar-refractivity contribution is 0.0937. The molecule has 0 bridgehead atoms. The van der Waals surface area contributed by atoms with E-state index in [1.54, 1.807) is 18.2 Å². The normalized spacial score (nSPS) is 12.1. The Morgan fingerprint density at radius 2 is 1.87 bits per heavy atom. The molecule has 31 heavy (non-hydrogen) atoms. The molecule has 2 N–H and O–H groups in total.